The topological polar surface area (TPSA) is 43.8 Å². The number of halogens is 2. The third-order valence-corrected chi connectivity index (χ3v) is 4.09. The highest BCUT2D eigenvalue weighted by molar-refractivity contribution is 9.10. The number of aryl methyl sites for hydroxylation is 1. The van der Waals surface area contributed by atoms with Gasteiger partial charge in [0.1, 0.15) is 0 Å². The highest BCUT2D eigenvalue weighted by atomic mass is 79.9. The summed E-state index contributed by atoms with van der Waals surface area (Å²) in [5.41, 5.74) is 8.12. The van der Waals surface area contributed by atoms with Crippen LogP contribution in [0, 0.1) is 0 Å². The van der Waals surface area contributed by atoms with Crippen LogP contribution in [0.4, 0.5) is 0 Å². The molecule has 0 saturated heterocycles. The number of hydrogen-bond donors (Lipinski definition) is 1. The van der Waals surface area contributed by atoms with Crippen molar-refractivity contribution >= 4 is 27.5 Å². The normalized spacial score (nSPS) is 12.7. The summed E-state index contributed by atoms with van der Waals surface area (Å²) in [6, 6.07) is 5.52. The lowest BCUT2D eigenvalue weighted by atomic mass is 10.0. The molecule has 1 unspecified atom stereocenters. The Balaban J connectivity index is 2.29. The van der Waals surface area contributed by atoms with E-state index in [0.717, 1.165) is 28.6 Å². The van der Waals surface area contributed by atoms with E-state index in [-0.39, 0.29) is 6.04 Å². The molecule has 2 aromatic rings. The van der Waals surface area contributed by atoms with Crippen molar-refractivity contribution in [3.05, 3.63) is 51.2 Å². The van der Waals surface area contributed by atoms with Crippen molar-refractivity contribution < 1.29 is 0 Å². The van der Waals surface area contributed by atoms with Crippen LogP contribution in [0.2, 0.25) is 5.02 Å². The van der Waals surface area contributed by atoms with Crippen LogP contribution < -0.4 is 5.73 Å². The molecular weight excluding hydrogens is 314 g/mol. The standard InChI is InChI=1S/C13H15BrClN3/c1-2-6-18-8-9(7-17-18)13(16)10-4-3-5-11(14)12(10)15/h3-5,7-8,13H,2,6,16H2,1H3. The Bertz CT molecular complexity index is 539. The molecule has 0 aliphatic carbocycles. The molecule has 1 atom stereocenters. The van der Waals surface area contributed by atoms with Crippen molar-refractivity contribution in [1.29, 1.82) is 0 Å². The van der Waals surface area contributed by atoms with Crippen molar-refractivity contribution in [2.24, 2.45) is 5.73 Å². The van der Waals surface area contributed by atoms with Crippen LogP contribution in [0.5, 0.6) is 0 Å². The monoisotopic (exact) mass is 327 g/mol. The van der Waals surface area contributed by atoms with E-state index in [4.69, 9.17) is 17.3 Å². The summed E-state index contributed by atoms with van der Waals surface area (Å²) in [5.74, 6) is 0. The average Bonchev–Trinajstić information content (AvgIpc) is 2.81. The summed E-state index contributed by atoms with van der Waals surface area (Å²) in [4.78, 5) is 0. The molecule has 3 nitrogen and oxygen atoms in total. The fraction of sp³-hybridized carbons (Fsp3) is 0.308. The Labute approximate surface area is 120 Å². The van der Waals surface area contributed by atoms with E-state index in [1.165, 1.54) is 0 Å². The van der Waals surface area contributed by atoms with Gasteiger partial charge in [-0.3, -0.25) is 4.68 Å². The summed E-state index contributed by atoms with van der Waals surface area (Å²) in [6.07, 6.45) is 4.83. The van der Waals surface area contributed by atoms with Crippen LogP contribution >= 0.6 is 27.5 Å². The predicted molar refractivity (Wildman–Crippen MR) is 77.7 cm³/mol. The van der Waals surface area contributed by atoms with Gasteiger partial charge in [0, 0.05) is 22.8 Å². The first-order chi connectivity index (χ1) is 8.63. The highest BCUT2D eigenvalue weighted by Gasteiger charge is 2.15. The zero-order valence-electron chi connectivity index (χ0n) is 10.1. The summed E-state index contributed by atoms with van der Waals surface area (Å²) in [5, 5.41) is 4.95. The number of hydrogen-bond acceptors (Lipinski definition) is 2. The Morgan fingerprint density at radius 1 is 1.50 bits per heavy atom. The van der Waals surface area contributed by atoms with Crippen molar-refractivity contribution in [3.63, 3.8) is 0 Å². The SMILES string of the molecule is CCCn1cc(C(N)c2cccc(Br)c2Cl)cn1. The van der Waals surface area contributed by atoms with Gasteiger partial charge in [-0.2, -0.15) is 5.10 Å². The van der Waals surface area contributed by atoms with Crippen molar-refractivity contribution in [3.8, 4) is 0 Å². The van der Waals surface area contributed by atoms with Gasteiger partial charge >= 0.3 is 0 Å². The Kier molecular flexibility index (Phi) is 4.43. The van der Waals surface area contributed by atoms with Crippen LogP contribution in [0.25, 0.3) is 0 Å². The average molecular weight is 329 g/mol. The van der Waals surface area contributed by atoms with Crippen molar-refractivity contribution in [1.82, 2.24) is 9.78 Å². The molecule has 1 heterocycles. The van der Waals surface area contributed by atoms with E-state index >= 15 is 0 Å². The van der Waals surface area contributed by atoms with Crippen LogP contribution in [-0.2, 0) is 6.54 Å². The van der Waals surface area contributed by atoms with E-state index in [0.29, 0.717) is 5.02 Å². The van der Waals surface area contributed by atoms with Gasteiger partial charge in [-0.05, 0) is 34.0 Å². The van der Waals surface area contributed by atoms with E-state index < -0.39 is 0 Å². The van der Waals surface area contributed by atoms with Gasteiger partial charge in [-0.15, -0.1) is 0 Å². The molecule has 0 amide bonds. The summed E-state index contributed by atoms with van der Waals surface area (Å²) < 4.78 is 2.76. The molecule has 1 aromatic heterocycles. The molecule has 0 spiro atoms. The smallest absolute Gasteiger partial charge is 0.0599 e. The fourth-order valence-electron chi connectivity index (χ4n) is 1.83. The van der Waals surface area contributed by atoms with E-state index in [2.05, 4.69) is 28.0 Å². The zero-order chi connectivity index (χ0) is 13.1. The molecule has 2 rings (SSSR count). The van der Waals surface area contributed by atoms with Gasteiger partial charge in [0.2, 0.25) is 0 Å². The van der Waals surface area contributed by atoms with E-state index in [9.17, 15) is 0 Å². The van der Waals surface area contributed by atoms with Gasteiger partial charge in [0.25, 0.3) is 0 Å². The number of benzene rings is 1. The molecule has 5 heteroatoms. The first-order valence-corrected chi connectivity index (χ1v) is 7.02. The number of nitrogens with two attached hydrogens (primary N) is 1. The first kappa shape index (κ1) is 13.6. The quantitative estimate of drug-likeness (QED) is 0.928. The summed E-state index contributed by atoms with van der Waals surface area (Å²) >= 11 is 9.66. The molecule has 0 bridgehead atoms. The molecule has 1 aromatic carbocycles. The lowest BCUT2D eigenvalue weighted by molar-refractivity contribution is 0.602. The number of aromatic nitrogens is 2. The molecule has 0 aliphatic rings. The second kappa shape index (κ2) is 5.87. The summed E-state index contributed by atoms with van der Waals surface area (Å²) in [7, 11) is 0. The van der Waals surface area contributed by atoms with Gasteiger partial charge in [-0.25, -0.2) is 0 Å². The Hall–Kier alpha value is -0.840. The third kappa shape index (κ3) is 2.76. The fourth-order valence-corrected chi connectivity index (χ4v) is 2.46. The Morgan fingerprint density at radius 3 is 3.00 bits per heavy atom. The molecule has 0 aliphatic heterocycles. The van der Waals surface area contributed by atoms with Crippen molar-refractivity contribution in [2.75, 3.05) is 0 Å². The van der Waals surface area contributed by atoms with Crippen LogP contribution in [0.1, 0.15) is 30.5 Å². The maximum Gasteiger partial charge on any atom is 0.0599 e. The van der Waals surface area contributed by atoms with Gasteiger partial charge in [0.05, 0.1) is 17.3 Å². The molecular formula is C13H15BrClN3. The Morgan fingerprint density at radius 2 is 2.28 bits per heavy atom. The second-order valence-electron chi connectivity index (χ2n) is 4.16. The van der Waals surface area contributed by atoms with Crippen LogP contribution in [-0.4, -0.2) is 9.78 Å². The third-order valence-electron chi connectivity index (χ3n) is 2.78. The molecule has 96 valence electrons. The number of rotatable bonds is 4. The van der Waals surface area contributed by atoms with Crippen LogP contribution in [0.3, 0.4) is 0 Å². The molecule has 0 radical (unpaired) electrons. The van der Waals surface area contributed by atoms with E-state index in [1.54, 1.807) is 6.20 Å². The van der Waals surface area contributed by atoms with Crippen LogP contribution in [0.15, 0.2) is 35.1 Å². The largest absolute Gasteiger partial charge is 0.320 e. The minimum atomic E-state index is -0.249. The molecule has 0 fully saturated rings. The minimum Gasteiger partial charge on any atom is -0.320 e. The lowest BCUT2D eigenvalue weighted by Gasteiger charge is -2.12. The maximum absolute atomic E-state index is 6.25. The first-order valence-electron chi connectivity index (χ1n) is 5.85. The van der Waals surface area contributed by atoms with Gasteiger partial charge in [0.15, 0.2) is 0 Å². The molecule has 18 heavy (non-hydrogen) atoms. The van der Waals surface area contributed by atoms with Gasteiger partial charge in [-0.1, -0.05) is 30.7 Å². The molecule has 0 saturated carbocycles. The summed E-state index contributed by atoms with van der Waals surface area (Å²) in [6.45, 7) is 3.02. The minimum absolute atomic E-state index is 0.249. The highest BCUT2D eigenvalue weighted by Crippen LogP contribution is 2.31. The maximum atomic E-state index is 6.25. The van der Waals surface area contributed by atoms with E-state index in [1.807, 2.05) is 29.1 Å². The molecule has 2 N–H and O–H groups in total. The van der Waals surface area contributed by atoms with Crippen molar-refractivity contribution in [2.45, 2.75) is 25.9 Å². The van der Waals surface area contributed by atoms with Gasteiger partial charge < -0.3 is 5.73 Å². The lowest BCUT2D eigenvalue weighted by Crippen LogP contribution is -2.11. The predicted octanol–water partition coefficient (Wildman–Crippen LogP) is 3.76. The zero-order valence-corrected chi connectivity index (χ0v) is 12.4. The second-order valence-corrected chi connectivity index (χ2v) is 5.39. The number of nitrogens with zero attached hydrogens (tertiary/aromatic N) is 2.